The minimum atomic E-state index is -2.24. The third-order valence-electron chi connectivity index (χ3n) is 4.52. The van der Waals surface area contributed by atoms with Gasteiger partial charge in [0.15, 0.2) is 28.9 Å². The SMILES string of the molecule is C=C1CC[C@@](F)(C(=O)CCc2ccc(F)c(F)c2F)c2cccnc21. The fourth-order valence-electron chi connectivity index (χ4n) is 3.08. The molecule has 0 N–H and O–H groups in total. The van der Waals surface area contributed by atoms with Crippen molar-refractivity contribution in [2.75, 3.05) is 0 Å². The number of allylic oxidation sites excluding steroid dienone is 1. The summed E-state index contributed by atoms with van der Waals surface area (Å²) in [5.74, 6) is -4.98. The van der Waals surface area contributed by atoms with Gasteiger partial charge in [-0.2, -0.15) is 0 Å². The number of aromatic nitrogens is 1. The molecule has 2 nitrogen and oxygen atoms in total. The van der Waals surface area contributed by atoms with E-state index in [-0.39, 0.29) is 36.8 Å². The molecule has 3 rings (SSSR count). The van der Waals surface area contributed by atoms with E-state index in [1.54, 1.807) is 0 Å². The van der Waals surface area contributed by atoms with Gasteiger partial charge < -0.3 is 0 Å². The zero-order valence-electron chi connectivity index (χ0n) is 13.3. The number of carbonyl (C=O) groups is 1. The zero-order chi connectivity index (χ0) is 18.2. The molecule has 1 heterocycles. The summed E-state index contributed by atoms with van der Waals surface area (Å²) in [6.45, 7) is 3.84. The van der Waals surface area contributed by atoms with Crippen LogP contribution in [0.2, 0.25) is 0 Å². The number of aryl methyl sites for hydroxylation is 1. The van der Waals surface area contributed by atoms with Gasteiger partial charge in [0.1, 0.15) is 0 Å². The number of hydrogen-bond acceptors (Lipinski definition) is 2. The van der Waals surface area contributed by atoms with Crippen molar-refractivity contribution < 1.29 is 22.4 Å². The maximum Gasteiger partial charge on any atom is 0.196 e. The predicted octanol–water partition coefficient (Wildman–Crippen LogP) is 4.67. The molecule has 1 atom stereocenters. The van der Waals surface area contributed by atoms with Crippen molar-refractivity contribution in [3.05, 3.63) is 71.3 Å². The van der Waals surface area contributed by atoms with Gasteiger partial charge in [0, 0.05) is 18.2 Å². The summed E-state index contributed by atoms with van der Waals surface area (Å²) in [5, 5.41) is 0. The lowest BCUT2D eigenvalue weighted by Crippen LogP contribution is -2.35. The molecule has 6 heteroatoms. The van der Waals surface area contributed by atoms with E-state index in [4.69, 9.17) is 0 Å². The lowest BCUT2D eigenvalue weighted by Gasteiger charge is -2.31. The van der Waals surface area contributed by atoms with Crippen LogP contribution in [0.1, 0.15) is 36.1 Å². The number of fused-ring (bicyclic) bond motifs is 1. The molecule has 0 saturated heterocycles. The van der Waals surface area contributed by atoms with E-state index < -0.39 is 28.9 Å². The van der Waals surface area contributed by atoms with Crippen molar-refractivity contribution in [3.8, 4) is 0 Å². The fraction of sp³-hybridized carbons (Fsp3) is 0.263. The Balaban J connectivity index is 1.84. The standard InChI is InChI=1S/C19H15F4NO/c1-11-8-9-19(23,13-3-2-10-24-18(11)13)15(25)7-5-12-4-6-14(20)17(22)16(12)21/h2-4,6,10H,1,5,7-9H2/t19-/m0/s1. The Kier molecular flexibility index (Phi) is 4.45. The van der Waals surface area contributed by atoms with E-state index in [2.05, 4.69) is 11.6 Å². The molecule has 0 radical (unpaired) electrons. The minimum Gasteiger partial charge on any atom is -0.296 e. The molecule has 0 fully saturated rings. The second kappa shape index (κ2) is 6.43. The number of nitrogens with zero attached hydrogens (tertiary/aromatic N) is 1. The largest absolute Gasteiger partial charge is 0.296 e. The number of pyridine rings is 1. The highest BCUT2D eigenvalue weighted by Crippen LogP contribution is 2.43. The van der Waals surface area contributed by atoms with Crippen molar-refractivity contribution in [2.24, 2.45) is 0 Å². The van der Waals surface area contributed by atoms with Gasteiger partial charge in [0.2, 0.25) is 0 Å². The number of rotatable bonds is 4. The van der Waals surface area contributed by atoms with Gasteiger partial charge in [0.25, 0.3) is 0 Å². The van der Waals surface area contributed by atoms with Crippen LogP contribution in [-0.4, -0.2) is 10.8 Å². The second-order valence-electron chi connectivity index (χ2n) is 6.06. The van der Waals surface area contributed by atoms with Crippen LogP contribution >= 0.6 is 0 Å². The summed E-state index contributed by atoms with van der Waals surface area (Å²) in [4.78, 5) is 16.6. The van der Waals surface area contributed by atoms with Crippen LogP contribution < -0.4 is 0 Å². The molecule has 1 aliphatic carbocycles. The summed E-state index contributed by atoms with van der Waals surface area (Å²) in [7, 11) is 0. The first-order chi connectivity index (χ1) is 11.8. The Morgan fingerprint density at radius 1 is 1.20 bits per heavy atom. The lowest BCUT2D eigenvalue weighted by molar-refractivity contribution is -0.131. The molecule has 0 aliphatic heterocycles. The third kappa shape index (κ3) is 2.97. The smallest absolute Gasteiger partial charge is 0.196 e. The summed E-state index contributed by atoms with van der Waals surface area (Å²) in [5.41, 5.74) is -1.23. The number of hydrogen-bond donors (Lipinski definition) is 0. The van der Waals surface area contributed by atoms with E-state index in [0.717, 1.165) is 12.1 Å². The average molecular weight is 349 g/mol. The molecule has 130 valence electrons. The molecule has 0 spiro atoms. The number of carbonyl (C=O) groups excluding carboxylic acids is 1. The molecule has 1 aromatic heterocycles. The van der Waals surface area contributed by atoms with Crippen molar-refractivity contribution in [3.63, 3.8) is 0 Å². The maximum atomic E-state index is 15.4. The van der Waals surface area contributed by atoms with Crippen molar-refractivity contribution in [1.29, 1.82) is 0 Å². The van der Waals surface area contributed by atoms with Gasteiger partial charge in [-0.05, 0) is 42.5 Å². The van der Waals surface area contributed by atoms with E-state index in [1.807, 2.05) is 0 Å². The van der Waals surface area contributed by atoms with Crippen LogP contribution in [0.15, 0.2) is 37.0 Å². The summed E-state index contributed by atoms with van der Waals surface area (Å²) in [6, 6.07) is 4.87. The first-order valence-corrected chi connectivity index (χ1v) is 7.83. The van der Waals surface area contributed by atoms with Crippen molar-refractivity contribution in [1.82, 2.24) is 4.98 Å². The lowest BCUT2D eigenvalue weighted by atomic mass is 9.77. The number of halogens is 4. The molecule has 0 unspecified atom stereocenters. The Bertz CT molecular complexity index is 864. The third-order valence-corrected chi connectivity index (χ3v) is 4.52. The van der Waals surface area contributed by atoms with Crippen LogP contribution in [0.25, 0.3) is 5.57 Å². The van der Waals surface area contributed by atoms with Crippen LogP contribution in [0, 0.1) is 17.5 Å². The predicted molar refractivity (Wildman–Crippen MR) is 84.9 cm³/mol. The van der Waals surface area contributed by atoms with Gasteiger partial charge >= 0.3 is 0 Å². The molecule has 25 heavy (non-hydrogen) atoms. The summed E-state index contributed by atoms with van der Waals surface area (Å²) in [6.07, 6.45) is 1.16. The van der Waals surface area contributed by atoms with E-state index in [9.17, 15) is 18.0 Å². The van der Waals surface area contributed by atoms with Gasteiger partial charge in [-0.3, -0.25) is 9.78 Å². The Labute approximate surface area is 142 Å². The highest BCUT2D eigenvalue weighted by molar-refractivity contribution is 5.91. The van der Waals surface area contributed by atoms with Crippen LogP contribution in [0.3, 0.4) is 0 Å². The Morgan fingerprint density at radius 3 is 2.72 bits per heavy atom. The highest BCUT2D eigenvalue weighted by Gasteiger charge is 2.44. The van der Waals surface area contributed by atoms with Crippen LogP contribution in [0.4, 0.5) is 17.6 Å². The van der Waals surface area contributed by atoms with E-state index in [1.165, 1.54) is 18.3 Å². The Morgan fingerprint density at radius 2 is 1.96 bits per heavy atom. The monoisotopic (exact) mass is 349 g/mol. The minimum absolute atomic E-state index is 0.0659. The van der Waals surface area contributed by atoms with Gasteiger partial charge in [-0.1, -0.05) is 18.7 Å². The molecule has 0 amide bonds. The molecule has 1 aliphatic rings. The molecular weight excluding hydrogens is 334 g/mol. The van der Waals surface area contributed by atoms with Gasteiger partial charge in [-0.25, -0.2) is 17.6 Å². The van der Waals surface area contributed by atoms with Gasteiger partial charge in [-0.15, -0.1) is 0 Å². The first-order valence-electron chi connectivity index (χ1n) is 7.83. The van der Waals surface area contributed by atoms with Crippen molar-refractivity contribution in [2.45, 2.75) is 31.4 Å². The number of benzene rings is 1. The molecule has 0 bridgehead atoms. The Hall–Kier alpha value is -2.50. The van der Waals surface area contributed by atoms with E-state index >= 15 is 4.39 Å². The fourth-order valence-corrected chi connectivity index (χ4v) is 3.08. The zero-order valence-corrected chi connectivity index (χ0v) is 13.3. The highest BCUT2D eigenvalue weighted by atomic mass is 19.2. The van der Waals surface area contributed by atoms with Crippen LogP contribution in [-0.2, 0) is 16.9 Å². The normalized spacial score (nSPS) is 19.6. The average Bonchev–Trinajstić information content (AvgIpc) is 2.62. The molecule has 2 aromatic rings. The molecule has 0 saturated carbocycles. The van der Waals surface area contributed by atoms with Gasteiger partial charge in [0.05, 0.1) is 5.69 Å². The second-order valence-corrected chi connectivity index (χ2v) is 6.06. The topological polar surface area (TPSA) is 30.0 Å². The molecular formula is C19H15F4NO. The first kappa shape index (κ1) is 17.3. The summed E-state index contributed by atoms with van der Waals surface area (Å²) >= 11 is 0. The maximum absolute atomic E-state index is 15.4. The van der Waals surface area contributed by atoms with Crippen LogP contribution in [0.5, 0.6) is 0 Å². The number of ketones is 1. The summed E-state index contributed by atoms with van der Waals surface area (Å²) < 4.78 is 55.3. The van der Waals surface area contributed by atoms with E-state index in [0.29, 0.717) is 11.3 Å². The van der Waals surface area contributed by atoms with Crippen molar-refractivity contribution >= 4 is 11.4 Å². The number of alkyl halides is 1. The quantitative estimate of drug-likeness (QED) is 0.593. The number of Topliss-reactive ketones (excluding diaryl/α,β-unsaturated/α-hetero) is 1. The molecule has 1 aromatic carbocycles.